The number of carbonyl (C=O) groups excluding carboxylic acids is 2. The zero-order chi connectivity index (χ0) is 39.6. The average molecular weight is 758 g/mol. The van der Waals surface area contributed by atoms with Gasteiger partial charge in [-0.05, 0) is 57.8 Å². The van der Waals surface area contributed by atoms with Crippen LogP contribution in [0, 0.1) is 0 Å². The summed E-state index contributed by atoms with van der Waals surface area (Å²) in [5, 5.41) is 23.6. The summed E-state index contributed by atoms with van der Waals surface area (Å²) in [5.41, 5.74) is 0. The van der Waals surface area contributed by atoms with E-state index in [4.69, 9.17) is 4.74 Å². The van der Waals surface area contributed by atoms with Crippen LogP contribution in [0.1, 0.15) is 220 Å². The Morgan fingerprint density at radius 1 is 0.556 bits per heavy atom. The van der Waals surface area contributed by atoms with E-state index < -0.39 is 18.2 Å². The summed E-state index contributed by atoms with van der Waals surface area (Å²) in [6.07, 6.45) is 48.9. The predicted octanol–water partition coefficient (Wildman–Crippen LogP) is 13.1. The third kappa shape index (κ3) is 36.8. The zero-order valence-corrected chi connectivity index (χ0v) is 35.6. The number of aliphatic hydroxyl groups excluding tert-OH is 2. The van der Waals surface area contributed by atoms with Crippen molar-refractivity contribution in [1.82, 2.24) is 5.32 Å². The monoisotopic (exact) mass is 758 g/mol. The highest BCUT2D eigenvalue weighted by Crippen LogP contribution is 2.17. The van der Waals surface area contributed by atoms with E-state index in [1.54, 1.807) is 0 Å². The van der Waals surface area contributed by atoms with Gasteiger partial charge in [-0.3, -0.25) is 9.59 Å². The minimum absolute atomic E-state index is 0.0412. The van der Waals surface area contributed by atoms with Gasteiger partial charge in [-0.2, -0.15) is 0 Å². The van der Waals surface area contributed by atoms with Gasteiger partial charge in [0.05, 0.1) is 25.2 Å². The van der Waals surface area contributed by atoms with Gasteiger partial charge < -0.3 is 20.3 Å². The first-order valence-electron chi connectivity index (χ1n) is 22.9. The van der Waals surface area contributed by atoms with Crippen LogP contribution in [-0.4, -0.2) is 46.9 Å². The molecular formula is C48H87NO5. The van der Waals surface area contributed by atoms with E-state index in [0.29, 0.717) is 19.3 Å². The molecule has 3 atom stereocenters. The SMILES string of the molecule is CC/C=C/C/C=C/C/C=C/C/C=C/CCCC(CC(=O)NC(CO)C(O)CCCCCCCCCCCCCC)OC(=O)CCCCCCCCCCC. The summed E-state index contributed by atoms with van der Waals surface area (Å²) >= 11 is 0. The molecule has 0 saturated carbocycles. The number of carbonyl (C=O) groups is 2. The van der Waals surface area contributed by atoms with Crippen molar-refractivity contribution in [1.29, 1.82) is 0 Å². The number of allylic oxidation sites excluding steroid dienone is 8. The lowest BCUT2D eigenvalue weighted by Gasteiger charge is -2.24. The van der Waals surface area contributed by atoms with E-state index in [1.807, 2.05) is 0 Å². The fourth-order valence-electron chi connectivity index (χ4n) is 6.72. The molecule has 0 aromatic heterocycles. The molecule has 0 rings (SSSR count). The van der Waals surface area contributed by atoms with Gasteiger partial charge >= 0.3 is 5.97 Å². The van der Waals surface area contributed by atoms with Gasteiger partial charge in [0.15, 0.2) is 0 Å². The maximum Gasteiger partial charge on any atom is 0.306 e. The molecule has 0 fully saturated rings. The highest BCUT2D eigenvalue weighted by atomic mass is 16.5. The molecule has 54 heavy (non-hydrogen) atoms. The molecule has 0 aliphatic rings. The topological polar surface area (TPSA) is 95.9 Å². The average Bonchev–Trinajstić information content (AvgIpc) is 3.16. The second kappa shape index (κ2) is 42.0. The lowest BCUT2D eigenvalue weighted by atomic mass is 10.0. The number of amides is 1. The first kappa shape index (κ1) is 51.8. The molecular weight excluding hydrogens is 671 g/mol. The molecule has 0 aromatic rings. The molecule has 314 valence electrons. The molecule has 1 amide bonds. The number of esters is 1. The molecule has 0 aromatic carbocycles. The lowest BCUT2D eigenvalue weighted by Crippen LogP contribution is -2.46. The minimum Gasteiger partial charge on any atom is -0.462 e. The number of ether oxygens (including phenoxy) is 1. The molecule has 0 bridgehead atoms. The Balaban J connectivity index is 4.67. The molecule has 0 heterocycles. The van der Waals surface area contributed by atoms with Gasteiger partial charge in [0, 0.05) is 6.42 Å². The van der Waals surface area contributed by atoms with E-state index in [0.717, 1.165) is 77.0 Å². The van der Waals surface area contributed by atoms with Gasteiger partial charge in [-0.25, -0.2) is 0 Å². The van der Waals surface area contributed by atoms with Crippen molar-refractivity contribution in [3.8, 4) is 0 Å². The lowest BCUT2D eigenvalue weighted by molar-refractivity contribution is -0.151. The van der Waals surface area contributed by atoms with E-state index in [-0.39, 0.29) is 24.9 Å². The summed E-state index contributed by atoms with van der Waals surface area (Å²) in [6, 6.07) is -0.715. The van der Waals surface area contributed by atoms with Gasteiger partial charge in [-0.15, -0.1) is 0 Å². The Morgan fingerprint density at radius 2 is 1.00 bits per heavy atom. The number of hydrogen-bond acceptors (Lipinski definition) is 5. The van der Waals surface area contributed by atoms with E-state index in [9.17, 15) is 19.8 Å². The smallest absolute Gasteiger partial charge is 0.306 e. The zero-order valence-electron chi connectivity index (χ0n) is 35.6. The summed E-state index contributed by atoms with van der Waals surface area (Å²) in [6.45, 7) is 6.32. The van der Waals surface area contributed by atoms with E-state index in [1.165, 1.54) is 96.3 Å². The van der Waals surface area contributed by atoms with Crippen molar-refractivity contribution in [2.24, 2.45) is 0 Å². The predicted molar refractivity (Wildman–Crippen MR) is 232 cm³/mol. The van der Waals surface area contributed by atoms with Crippen molar-refractivity contribution in [3.05, 3.63) is 48.6 Å². The minimum atomic E-state index is -0.798. The Bertz CT molecular complexity index is 941. The first-order chi connectivity index (χ1) is 26.5. The highest BCUT2D eigenvalue weighted by Gasteiger charge is 2.24. The van der Waals surface area contributed by atoms with Crippen LogP contribution in [0.3, 0.4) is 0 Å². The number of nitrogens with one attached hydrogen (secondary N) is 1. The van der Waals surface area contributed by atoms with Crippen LogP contribution in [0.2, 0.25) is 0 Å². The van der Waals surface area contributed by atoms with Crippen LogP contribution in [0.25, 0.3) is 0 Å². The third-order valence-corrected chi connectivity index (χ3v) is 10.2. The van der Waals surface area contributed by atoms with Crippen molar-refractivity contribution in [2.45, 2.75) is 238 Å². The second-order valence-corrected chi connectivity index (χ2v) is 15.4. The summed E-state index contributed by atoms with van der Waals surface area (Å²) in [5.74, 6) is -0.530. The molecule has 0 aliphatic heterocycles. The normalized spacial score (nSPS) is 13.8. The highest BCUT2D eigenvalue weighted by molar-refractivity contribution is 5.77. The van der Waals surface area contributed by atoms with Gasteiger partial charge in [-0.1, -0.05) is 198 Å². The number of aliphatic hydroxyl groups is 2. The molecule has 3 N–H and O–H groups in total. The van der Waals surface area contributed by atoms with E-state index in [2.05, 4.69) is 74.7 Å². The fourth-order valence-corrected chi connectivity index (χ4v) is 6.72. The maximum absolute atomic E-state index is 13.1. The third-order valence-electron chi connectivity index (χ3n) is 10.2. The Morgan fingerprint density at radius 3 is 1.48 bits per heavy atom. The number of hydrogen-bond donors (Lipinski definition) is 3. The summed E-state index contributed by atoms with van der Waals surface area (Å²) < 4.78 is 5.86. The first-order valence-corrected chi connectivity index (χ1v) is 22.9. The largest absolute Gasteiger partial charge is 0.462 e. The molecule has 3 unspecified atom stereocenters. The van der Waals surface area contributed by atoms with Gasteiger partial charge in [0.1, 0.15) is 6.10 Å². The number of rotatable bonds is 40. The number of unbranched alkanes of at least 4 members (excludes halogenated alkanes) is 20. The molecule has 0 radical (unpaired) electrons. The maximum atomic E-state index is 13.1. The van der Waals surface area contributed by atoms with Crippen LogP contribution in [0.4, 0.5) is 0 Å². The summed E-state index contributed by atoms with van der Waals surface area (Å²) in [4.78, 5) is 25.9. The Hall–Kier alpha value is -2.18. The van der Waals surface area contributed by atoms with Crippen LogP contribution in [0.5, 0.6) is 0 Å². The van der Waals surface area contributed by atoms with Crippen molar-refractivity contribution < 1.29 is 24.5 Å². The van der Waals surface area contributed by atoms with Crippen molar-refractivity contribution >= 4 is 11.9 Å². The van der Waals surface area contributed by atoms with Gasteiger partial charge in [0.25, 0.3) is 0 Å². The molecule has 6 nitrogen and oxygen atoms in total. The van der Waals surface area contributed by atoms with Crippen LogP contribution >= 0.6 is 0 Å². The molecule has 0 saturated heterocycles. The van der Waals surface area contributed by atoms with Crippen LogP contribution in [0.15, 0.2) is 48.6 Å². The standard InChI is InChI=1S/C48H87NO5/c1-4-7-10-13-16-19-21-23-24-25-28-30-33-36-39-44(54-48(53)41-38-35-32-27-18-15-12-9-6-3)42-47(52)49-45(43-50)46(51)40-37-34-31-29-26-22-20-17-14-11-8-5-2/h7,10,16,19,23-24,28,30,44-46,50-51H,4-6,8-9,11-15,17-18,20-22,25-27,29,31-43H2,1-3H3,(H,49,52)/b10-7+,19-16+,24-23+,30-28+. The quantitative estimate of drug-likeness (QED) is 0.0329. The Labute approximate surface area is 334 Å². The van der Waals surface area contributed by atoms with Crippen LogP contribution < -0.4 is 5.32 Å². The van der Waals surface area contributed by atoms with Crippen LogP contribution in [-0.2, 0) is 14.3 Å². The molecule has 0 spiro atoms. The van der Waals surface area contributed by atoms with Crippen molar-refractivity contribution in [2.75, 3.05) is 6.61 Å². The van der Waals surface area contributed by atoms with Gasteiger partial charge in [0.2, 0.25) is 5.91 Å². The Kier molecular flexibility index (Phi) is 40.3. The second-order valence-electron chi connectivity index (χ2n) is 15.4. The molecule has 0 aliphatic carbocycles. The molecule has 6 heteroatoms. The fraction of sp³-hybridized carbons (Fsp3) is 0.792. The van der Waals surface area contributed by atoms with E-state index >= 15 is 0 Å². The van der Waals surface area contributed by atoms with Crippen molar-refractivity contribution in [3.63, 3.8) is 0 Å². The summed E-state index contributed by atoms with van der Waals surface area (Å²) in [7, 11) is 0.